The van der Waals surface area contributed by atoms with Crippen LogP contribution in [-0.2, 0) is 11.3 Å². The zero-order chi connectivity index (χ0) is 18.6. The average molecular weight is 351 g/mol. The van der Waals surface area contributed by atoms with Crippen LogP contribution in [0, 0.1) is 6.92 Å². The van der Waals surface area contributed by atoms with E-state index in [2.05, 4.69) is 18.8 Å². The van der Waals surface area contributed by atoms with Gasteiger partial charge >= 0.3 is 6.55 Å². The first-order chi connectivity index (χ1) is 11.8. The normalized spacial score (nSPS) is 11.2. The predicted octanol–water partition coefficient (Wildman–Crippen LogP) is 3.75. The number of carbonyl (C=O) groups excluding carboxylic acids is 1. The van der Waals surface area contributed by atoms with Gasteiger partial charge in [-0.2, -0.15) is 8.78 Å². The standard InChI is InChI=1S/C18H23F2N3O2/c1-12(2)15-6-5-14(9-13(15)3)25-11-17(24)22(4)10-16-21-7-8-23(16)18(19)20/h5-9,12,18H,10-11H2,1-4H3. The average Bonchev–Trinajstić information content (AvgIpc) is 3.00. The Kier molecular flexibility index (Phi) is 6.12. The minimum atomic E-state index is -2.68. The number of rotatable bonds is 7. The molecule has 0 radical (unpaired) electrons. The summed E-state index contributed by atoms with van der Waals surface area (Å²) in [4.78, 5) is 17.3. The second-order valence-electron chi connectivity index (χ2n) is 6.24. The van der Waals surface area contributed by atoms with E-state index in [-0.39, 0.29) is 24.9 Å². The summed E-state index contributed by atoms with van der Waals surface area (Å²) >= 11 is 0. The number of benzene rings is 1. The number of alkyl halides is 2. The number of halogens is 2. The number of aryl methyl sites for hydroxylation is 1. The van der Waals surface area contributed by atoms with E-state index in [0.29, 0.717) is 11.7 Å². The van der Waals surface area contributed by atoms with Crippen molar-refractivity contribution in [1.82, 2.24) is 14.5 Å². The molecule has 0 aliphatic heterocycles. The highest BCUT2D eigenvalue weighted by Crippen LogP contribution is 2.23. The van der Waals surface area contributed by atoms with E-state index in [1.54, 1.807) is 0 Å². The summed E-state index contributed by atoms with van der Waals surface area (Å²) in [5, 5.41) is 0. The van der Waals surface area contributed by atoms with Crippen LogP contribution >= 0.6 is 0 Å². The van der Waals surface area contributed by atoms with Crippen molar-refractivity contribution in [2.75, 3.05) is 13.7 Å². The maximum absolute atomic E-state index is 12.8. The van der Waals surface area contributed by atoms with Crippen LogP contribution in [0.1, 0.15) is 43.3 Å². The number of likely N-dealkylation sites (N-methyl/N-ethyl adjacent to an activating group) is 1. The molecule has 0 aliphatic rings. The molecule has 7 heteroatoms. The molecule has 2 aromatic rings. The van der Waals surface area contributed by atoms with Gasteiger partial charge in [0.25, 0.3) is 5.91 Å². The Hall–Kier alpha value is -2.44. The fourth-order valence-electron chi connectivity index (χ4n) is 2.59. The predicted molar refractivity (Wildman–Crippen MR) is 90.7 cm³/mol. The molecule has 1 amide bonds. The summed E-state index contributed by atoms with van der Waals surface area (Å²) in [6, 6.07) is 5.72. The molecule has 1 aromatic heterocycles. The molecule has 0 N–H and O–H groups in total. The molecule has 0 spiro atoms. The summed E-state index contributed by atoms with van der Waals surface area (Å²) in [5.74, 6) is 0.843. The molecule has 0 aliphatic carbocycles. The fraction of sp³-hybridized carbons (Fsp3) is 0.444. The Labute approximate surface area is 146 Å². The van der Waals surface area contributed by atoms with Crippen molar-refractivity contribution in [1.29, 1.82) is 0 Å². The first kappa shape index (κ1) is 18.9. The molecule has 0 atom stereocenters. The molecule has 0 unspecified atom stereocenters. The third-order valence-corrected chi connectivity index (χ3v) is 3.99. The quantitative estimate of drug-likeness (QED) is 0.763. The molecular formula is C18H23F2N3O2. The second-order valence-corrected chi connectivity index (χ2v) is 6.24. The monoisotopic (exact) mass is 351 g/mol. The number of imidazole rings is 1. The summed E-state index contributed by atoms with van der Waals surface area (Å²) in [5.41, 5.74) is 2.34. The van der Waals surface area contributed by atoms with Crippen LogP contribution < -0.4 is 4.74 Å². The van der Waals surface area contributed by atoms with E-state index in [1.807, 2.05) is 25.1 Å². The van der Waals surface area contributed by atoms with Crippen molar-refractivity contribution >= 4 is 5.91 Å². The molecule has 2 rings (SSSR count). The third-order valence-electron chi connectivity index (χ3n) is 3.99. The van der Waals surface area contributed by atoms with Crippen LogP contribution in [-0.4, -0.2) is 34.0 Å². The highest BCUT2D eigenvalue weighted by molar-refractivity contribution is 5.77. The summed E-state index contributed by atoms with van der Waals surface area (Å²) < 4.78 is 31.9. The van der Waals surface area contributed by atoms with Crippen molar-refractivity contribution in [3.8, 4) is 5.75 Å². The molecule has 1 heterocycles. The Morgan fingerprint density at radius 1 is 1.36 bits per heavy atom. The number of aromatic nitrogens is 2. The highest BCUT2D eigenvalue weighted by Gasteiger charge is 2.16. The topological polar surface area (TPSA) is 47.4 Å². The fourth-order valence-corrected chi connectivity index (χ4v) is 2.59. The molecule has 0 bridgehead atoms. The first-order valence-corrected chi connectivity index (χ1v) is 8.06. The van der Waals surface area contributed by atoms with E-state index in [1.165, 1.54) is 29.9 Å². The molecule has 0 saturated carbocycles. The van der Waals surface area contributed by atoms with Crippen molar-refractivity contribution < 1.29 is 18.3 Å². The largest absolute Gasteiger partial charge is 0.484 e. The molecule has 0 fully saturated rings. The van der Waals surface area contributed by atoms with Crippen LogP contribution in [0.5, 0.6) is 5.75 Å². The highest BCUT2D eigenvalue weighted by atomic mass is 19.3. The van der Waals surface area contributed by atoms with Crippen molar-refractivity contribution in [3.63, 3.8) is 0 Å². The number of carbonyl (C=O) groups is 1. The zero-order valence-corrected chi connectivity index (χ0v) is 14.9. The summed E-state index contributed by atoms with van der Waals surface area (Å²) in [7, 11) is 1.53. The van der Waals surface area contributed by atoms with E-state index in [0.717, 1.165) is 10.1 Å². The smallest absolute Gasteiger partial charge is 0.319 e. The van der Waals surface area contributed by atoms with Crippen molar-refractivity contribution in [2.45, 2.75) is 39.8 Å². The van der Waals surface area contributed by atoms with Gasteiger partial charge in [-0.15, -0.1) is 0 Å². The lowest BCUT2D eigenvalue weighted by Crippen LogP contribution is -2.32. The van der Waals surface area contributed by atoms with Gasteiger partial charge in [0.2, 0.25) is 0 Å². The lowest BCUT2D eigenvalue weighted by Gasteiger charge is -2.18. The van der Waals surface area contributed by atoms with Crippen LogP contribution in [0.15, 0.2) is 30.6 Å². The second kappa shape index (κ2) is 8.09. The minimum Gasteiger partial charge on any atom is -0.484 e. The van der Waals surface area contributed by atoms with Gasteiger partial charge in [0.05, 0.1) is 6.54 Å². The minimum absolute atomic E-state index is 0.00908. The Bertz CT molecular complexity index is 729. The zero-order valence-electron chi connectivity index (χ0n) is 14.9. The maximum atomic E-state index is 12.8. The Morgan fingerprint density at radius 2 is 2.08 bits per heavy atom. The molecular weight excluding hydrogens is 328 g/mol. The number of hydrogen-bond acceptors (Lipinski definition) is 3. The van der Waals surface area contributed by atoms with Crippen molar-refractivity contribution in [2.24, 2.45) is 0 Å². The number of nitrogens with zero attached hydrogens (tertiary/aromatic N) is 3. The summed E-state index contributed by atoms with van der Waals surface area (Å²) in [6.45, 7) is 3.38. The Morgan fingerprint density at radius 3 is 2.68 bits per heavy atom. The SMILES string of the molecule is Cc1cc(OCC(=O)N(C)Cc2nccn2C(F)F)ccc1C(C)C. The van der Waals surface area contributed by atoms with Gasteiger partial charge in [0.1, 0.15) is 11.6 Å². The third kappa shape index (κ3) is 4.78. The molecule has 25 heavy (non-hydrogen) atoms. The van der Waals surface area contributed by atoms with Crippen molar-refractivity contribution in [3.05, 3.63) is 47.5 Å². The van der Waals surface area contributed by atoms with Crippen LogP contribution in [0.2, 0.25) is 0 Å². The van der Waals surface area contributed by atoms with Crippen LogP contribution in [0.4, 0.5) is 8.78 Å². The maximum Gasteiger partial charge on any atom is 0.319 e. The van der Waals surface area contributed by atoms with Gasteiger partial charge < -0.3 is 9.64 Å². The Balaban J connectivity index is 1.93. The van der Waals surface area contributed by atoms with Gasteiger partial charge in [-0.1, -0.05) is 19.9 Å². The summed E-state index contributed by atoms with van der Waals surface area (Å²) in [6.07, 6.45) is 2.48. The van der Waals surface area contributed by atoms with E-state index in [9.17, 15) is 13.6 Å². The first-order valence-electron chi connectivity index (χ1n) is 8.06. The van der Waals surface area contributed by atoms with Gasteiger partial charge in [0.15, 0.2) is 6.61 Å². The van der Waals surface area contributed by atoms with Gasteiger partial charge in [-0.05, 0) is 36.1 Å². The lowest BCUT2D eigenvalue weighted by molar-refractivity contribution is -0.132. The van der Waals surface area contributed by atoms with Gasteiger partial charge in [0, 0.05) is 19.4 Å². The molecule has 136 valence electrons. The molecule has 1 aromatic carbocycles. The number of ether oxygens (including phenoxy) is 1. The van der Waals surface area contributed by atoms with Crippen LogP contribution in [0.3, 0.4) is 0 Å². The lowest BCUT2D eigenvalue weighted by atomic mass is 9.98. The molecule has 5 nitrogen and oxygen atoms in total. The van der Waals surface area contributed by atoms with E-state index < -0.39 is 6.55 Å². The van der Waals surface area contributed by atoms with Gasteiger partial charge in [-0.3, -0.25) is 9.36 Å². The van der Waals surface area contributed by atoms with Crippen LogP contribution in [0.25, 0.3) is 0 Å². The van der Waals surface area contributed by atoms with Gasteiger partial charge in [-0.25, -0.2) is 4.98 Å². The van der Waals surface area contributed by atoms with E-state index in [4.69, 9.17) is 4.74 Å². The van der Waals surface area contributed by atoms with E-state index >= 15 is 0 Å². The molecule has 0 saturated heterocycles. The number of hydrogen-bond donors (Lipinski definition) is 0. The number of amides is 1.